The molecule has 0 radical (unpaired) electrons. The van der Waals surface area contributed by atoms with Gasteiger partial charge in [0.2, 0.25) is 12.0 Å². The van der Waals surface area contributed by atoms with Crippen molar-refractivity contribution in [3.05, 3.63) is 76.3 Å². The summed E-state index contributed by atoms with van der Waals surface area (Å²) in [5.74, 6) is -1.65. The molecular formula is C21H12Cl2N2O3. The molecule has 2 atom stereocenters. The Hall–Kier alpha value is -2.89. The Morgan fingerprint density at radius 3 is 2.46 bits per heavy atom. The van der Waals surface area contributed by atoms with Gasteiger partial charge in [-0.2, -0.15) is 0 Å². The number of halogens is 2. The third kappa shape index (κ3) is 2.51. The number of oxime groups is 1. The second-order valence-electron chi connectivity index (χ2n) is 6.65. The van der Waals surface area contributed by atoms with Crippen LogP contribution in [0.4, 0.5) is 5.69 Å². The standard InChI is InChI=1S/C21H12Cl2N2O3/c22-13-6-8-15(16(23)10-13)18-17-19(28-24-18)21(27)25(20(17)26)14-7-5-11-3-1-2-4-12(11)9-14/h1-10,17,19H. The minimum atomic E-state index is -0.985. The molecule has 3 aromatic rings. The Labute approximate surface area is 170 Å². The Balaban J connectivity index is 1.54. The van der Waals surface area contributed by atoms with Crippen molar-refractivity contribution in [3.63, 3.8) is 0 Å². The summed E-state index contributed by atoms with van der Waals surface area (Å²) < 4.78 is 0. The minimum Gasteiger partial charge on any atom is -0.381 e. The third-order valence-electron chi connectivity index (χ3n) is 5.01. The summed E-state index contributed by atoms with van der Waals surface area (Å²) in [6.45, 7) is 0. The lowest BCUT2D eigenvalue weighted by molar-refractivity contribution is -0.126. The van der Waals surface area contributed by atoms with Gasteiger partial charge < -0.3 is 4.84 Å². The summed E-state index contributed by atoms with van der Waals surface area (Å²) in [7, 11) is 0. The molecule has 0 saturated carbocycles. The fraction of sp³-hybridized carbons (Fsp3) is 0.0952. The first-order valence-corrected chi connectivity index (χ1v) is 9.36. The molecule has 0 spiro atoms. The number of fused-ring (bicyclic) bond motifs is 2. The average molecular weight is 411 g/mol. The van der Waals surface area contributed by atoms with Crippen LogP contribution in [0.2, 0.25) is 10.0 Å². The predicted molar refractivity (Wildman–Crippen MR) is 108 cm³/mol. The molecule has 0 aromatic heterocycles. The summed E-state index contributed by atoms with van der Waals surface area (Å²) in [6.07, 6.45) is -0.985. The van der Waals surface area contributed by atoms with Gasteiger partial charge in [-0.25, -0.2) is 4.90 Å². The van der Waals surface area contributed by atoms with Gasteiger partial charge in [0.15, 0.2) is 0 Å². The third-order valence-corrected chi connectivity index (χ3v) is 5.56. The number of hydrogen-bond acceptors (Lipinski definition) is 4. The minimum absolute atomic E-state index is 0.341. The number of carbonyl (C=O) groups excluding carboxylic acids is 2. The number of amides is 2. The number of benzene rings is 3. The number of imide groups is 1. The SMILES string of the molecule is O=C1C2ON=C(c3ccc(Cl)cc3Cl)C2C(=O)N1c1ccc2ccccc2c1. The molecule has 28 heavy (non-hydrogen) atoms. The summed E-state index contributed by atoms with van der Waals surface area (Å²) in [5.41, 5.74) is 1.38. The van der Waals surface area contributed by atoms with E-state index in [-0.39, 0.29) is 5.91 Å². The molecule has 2 aliphatic heterocycles. The zero-order valence-corrected chi connectivity index (χ0v) is 15.8. The highest BCUT2D eigenvalue weighted by Crippen LogP contribution is 2.37. The van der Waals surface area contributed by atoms with E-state index in [0.717, 1.165) is 10.8 Å². The quantitative estimate of drug-likeness (QED) is 0.586. The maximum atomic E-state index is 13.2. The number of nitrogens with zero attached hydrogens (tertiary/aromatic N) is 2. The highest BCUT2D eigenvalue weighted by Gasteiger charge is 2.56. The highest BCUT2D eigenvalue weighted by molar-refractivity contribution is 6.39. The first-order valence-electron chi connectivity index (χ1n) is 8.60. The largest absolute Gasteiger partial charge is 0.381 e. The molecule has 1 fully saturated rings. The monoisotopic (exact) mass is 410 g/mol. The number of rotatable bonds is 2. The van der Waals surface area contributed by atoms with E-state index < -0.39 is 17.9 Å². The molecular weight excluding hydrogens is 399 g/mol. The highest BCUT2D eigenvalue weighted by atomic mass is 35.5. The van der Waals surface area contributed by atoms with Crippen molar-refractivity contribution in [2.24, 2.45) is 11.1 Å². The maximum absolute atomic E-state index is 13.2. The molecule has 0 bridgehead atoms. The molecule has 2 unspecified atom stereocenters. The molecule has 3 aromatic carbocycles. The van der Waals surface area contributed by atoms with Gasteiger partial charge in [-0.05, 0) is 35.0 Å². The van der Waals surface area contributed by atoms with Crippen molar-refractivity contribution in [1.29, 1.82) is 0 Å². The Morgan fingerprint density at radius 1 is 0.893 bits per heavy atom. The lowest BCUT2D eigenvalue weighted by Gasteiger charge is -2.16. The van der Waals surface area contributed by atoms with Crippen molar-refractivity contribution in [2.45, 2.75) is 6.10 Å². The molecule has 138 valence electrons. The molecule has 2 aliphatic rings. The van der Waals surface area contributed by atoms with Crippen LogP contribution >= 0.6 is 23.2 Å². The van der Waals surface area contributed by atoms with Gasteiger partial charge in [-0.15, -0.1) is 0 Å². The van der Waals surface area contributed by atoms with Gasteiger partial charge >= 0.3 is 0 Å². The van der Waals surface area contributed by atoms with Crippen LogP contribution in [0.1, 0.15) is 5.56 Å². The van der Waals surface area contributed by atoms with Gasteiger partial charge in [0.25, 0.3) is 5.91 Å². The fourth-order valence-electron chi connectivity index (χ4n) is 3.67. The maximum Gasteiger partial charge on any atom is 0.278 e. The number of carbonyl (C=O) groups is 2. The first-order chi connectivity index (χ1) is 13.5. The van der Waals surface area contributed by atoms with Crippen LogP contribution in [0, 0.1) is 5.92 Å². The normalized spacial score (nSPS) is 21.1. The number of anilines is 1. The van der Waals surface area contributed by atoms with Crippen molar-refractivity contribution in [2.75, 3.05) is 4.90 Å². The zero-order chi connectivity index (χ0) is 19.4. The molecule has 5 nitrogen and oxygen atoms in total. The molecule has 2 heterocycles. The first kappa shape index (κ1) is 17.2. The fourth-order valence-corrected chi connectivity index (χ4v) is 4.17. The summed E-state index contributed by atoms with van der Waals surface area (Å²) >= 11 is 12.2. The van der Waals surface area contributed by atoms with Crippen LogP contribution in [0.25, 0.3) is 10.8 Å². The van der Waals surface area contributed by atoms with Crippen molar-refractivity contribution >= 4 is 57.2 Å². The topological polar surface area (TPSA) is 59.0 Å². The molecule has 7 heteroatoms. The average Bonchev–Trinajstić information content (AvgIpc) is 3.22. The second-order valence-corrected chi connectivity index (χ2v) is 7.49. The lowest BCUT2D eigenvalue weighted by Crippen LogP contribution is -2.33. The van der Waals surface area contributed by atoms with Crippen LogP contribution in [0.3, 0.4) is 0 Å². The molecule has 0 aliphatic carbocycles. The predicted octanol–water partition coefficient (Wildman–Crippen LogP) is 4.44. The second kappa shape index (κ2) is 6.33. The Morgan fingerprint density at radius 2 is 1.68 bits per heavy atom. The van der Waals surface area contributed by atoms with Crippen LogP contribution in [-0.2, 0) is 14.4 Å². The Kier molecular flexibility index (Phi) is 3.89. The van der Waals surface area contributed by atoms with E-state index >= 15 is 0 Å². The van der Waals surface area contributed by atoms with E-state index in [1.54, 1.807) is 24.3 Å². The summed E-state index contributed by atoms with van der Waals surface area (Å²) in [6, 6.07) is 18.1. The van der Waals surface area contributed by atoms with Crippen molar-refractivity contribution in [3.8, 4) is 0 Å². The molecule has 1 saturated heterocycles. The Bertz CT molecular complexity index is 1190. The van der Waals surface area contributed by atoms with Crippen LogP contribution in [0.15, 0.2) is 65.8 Å². The summed E-state index contributed by atoms with van der Waals surface area (Å²) in [4.78, 5) is 32.6. The van der Waals surface area contributed by atoms with Gasteiger partial charge in [0, 0.05) is 10.6 Å². The van der Waals surface area contributed by atoms with Crippen molar-refractivity contribution in [1.82, 2.24) is 0 Å². The van der Waals surface area contributed by atoms with Crippen LogP contribution in [-0.4, -0.2) is 23.6 Å². The van der Waals surface area contributed by atoms with E-state index in [0.29, 0.717) is 27.0 Å². The van der Waals surface area contributed by atoms with Crippen molar-refractivity contribution < 1.29 is 14.4 Å². The van der Waals surface area contributed by atoms with Gasteiger partial charge in [-0.3, -0.25) is 9.59 Å². The van der Waals surface area contributed by atoms with Crippen LogP contribution < -0.4 is 4.90 Å². The van der Waals surface area contributed by atoms with E-state index in [4.69, 9.17) is 28.0 Å². The van der Waals surface area contributed by atoms with E-state index in [9.17, 15) is 9.59 Å². The molecule has 5 rings (SSSR count). The number of hydrogen-bond donors (Lipinski definition) is 0. The summed E-state index contributed by atoms with van der Waals surface area (Å²) in [5, 5.41) is 6.76. The van der Waals surface area contributed by atoms with Crippen LogP contribution in [0.5, 0.6) is 0 Å². The zero-order valence-electron chi connectivity index (χ0n) is 14.3. The molecule has 0 N–H and O–H groups in total. The van der Waals surface area contributed by atoms with Gasteiger partial charge in [-0.1, -0.05) is 64.8 Å². The van der Waals surface area contributed by atoms with E-state index in [2.05, 4.69) is 5.16 Å². The van der Waals surface area contributed by atoms with E-state index in [1.165, 1.54) is 4.90 Å². The van der Waals surface area contributed by atoms with Gasteiger partial charge in [0.1, 0.15) is 11.6 Å². The molecule has 2 amide bonds. The smallest absolute Gasteiger partial charge is 0.278 e. The van der Waals surface area contributed by atoms with E-state index in [1.807, 2.05) is 36.4 Å². The van der Waals surface area contributed by atoms with Gasteiger partial charge in [0.05, 0.1) is 10.7 Å². The lowest BCUT2D eigenvalue weighted by atomic mass is 9.94.